The number of ether oxygens (including phenoxy) is 3. The maximum absolute atomic E-state index is 13.2. The molecule has 0 unspecified atom stereocenters. The van der Waals surface area contributed by atoms with E-state index in [0.717, 1.165) is 5.56 Å². The number of carbonyl (C=O) groups is 1. The maximum atomic E-state index is 13.2. The fourth-order valence-electron chi connectivity index (χ4n) is 4.08. The normalized spacial score (nSPS) is 11.4. The van der Waals surface area contributed by atoms with Gasteiger partial charge in [-0.25, -0.2) is 18.6 Å². The molecule has 0 fully saturated rings. The Kier molecular flexibility index (Phi) is 11.3. The van der Waals surface area contributed by atoms with E-state index in [1.807, 2.05) is 0 Å². The van der Waals surface area contributed by atoms with Crippen molar-refractivity contribution in [2.45, 2.75) is 25.5 Å². The van der Waals surface area contributed by atoms with Gasteiger partial charge >= 0.3 is 5.97 Å². The van der Waals surface area contributed by atoms with Gasteiger partial charge in [-0.1, -0.05) is 53.5 Å². The molecule has 0 radical (unpaired) electrons. The zero-order chi connectivity index (χ0) is 28.6. The standard InChI is InChI=1S/C30H26Cl2F2N2O4.H2O/c1-38-26-11-10-20(13-28(26)39-2)27(14-23-24(31)16-35-17-25(23)32)40-30(37)19-8-6-18(7-9-19)15-36-22-5-3-4-21(12-22)29(33)34;/h3-13,16-17,27,29,36H,14-15H2,1-2H3;1H2/t27-;/m0./s1. The van der Waals surface area contributed by atoms with E-state index in [9.17, 15) is 13.6 Å². The van der Waals surface area contributed by atoms with Gasteiger partial charge in [0.15, 0.2) is 23.9 Å². The summed E-state index contributed by atoms with van der Waals surface area (Å²) in [6, 6.07) is 18.2. The van der Waals surface area contributed by atoms with Crippen molar-refractivity contribution in [2.24, 2.45) is 0 Å². The third-order valence-corrected chi connectivity index (χ3v) is 6.91. The lowest BCUT2D eigenvalue weighted by atomic mass is 10.0. The zero-order valence-electron chi connectivity index (χ0n) is 22.2. The van der Waals surface area contributed by atoms with Gasteiger partial charge in [-0.3, -0.25) is 0 Å². The highest BCUT2D eigenvalue weighted by atomic mass is 35.5. The fourth-order valence-corrected chi connectivity index (χ4v) is 4.61. The number of aromatic nitrogens is 1. The first kappa shape index (κ1) is 31.6. The first-order chi connectivity index (χ1) is 19.3. The van der Waals surface area contributed by atoms with Crippen LogP contribution in [0, 0.1) is 0 Å². The largest absolute Gasteiger partial charge is 0.870 e. The predicted molar refractivity (Wildman–Crippen MR) is 152 cm³/mol. The summed E-state index contributed by atoms with van der Waals surface area (Å²) in [5, 5.41) is 3.93. The van der Waals surface area contributed by atoms with Crippen LogP contribution < -0.4 is 19.8 Å². The van der Waals surface area contributed by atoms with Crippen LogP contribution in [0.15, 0.2) is 79.1 Å². The Morgan fingerprint density at radius 2 is 1.59 bits per heavy atom. The van der Waals surface area contributed by atoms with Crippen LogP contribution in [-0.4, -0.2) is 25.7 Å². The minimum atomic E-state index is -2.54. The lowest BCUT2D eigenvalue weighted by Gasteiger charge is -2.20. The molecule has 0 aliphatic carbocycles. The number of pyridine rings is 1. The number of anilines is 1. The number of halogens is 4. The molecule has 4 aromatic rings. The zero-order valence-corrected chi connectivity index (χ0v) is 23.7. The van der Waals surface area contributed by atoms with Gasteiger partial charge < -0.3 is 25.0 Å². The summed E-state index contributed by atoms with van der Waals surface area (Å²) in [6.07, 6.45) is 0.141. The van der Waals surface area contributed by atoms with Gasteiger partial charge in [-0.05, 0) is 47.5 Å². The summed E-state index contributed by atoms with van der Waals surface area (Å²) in [7, 11) is 3.06. The summed E-state index contributed by atoms with van der Waals surface area (Å²) < 4.78 is 42.7. The summed E-state index contributed by atoms with van der Waals surface area (Å²) in [4.78, 5) is 16.1. The number of H-pyrrole nitrogens is 1. The van der Waals surface area contributed by atoms with Crippen molar-refractivity contribution in [3.8, 4) is 11.5 Å². The molecule has 0 spiro atoms. The van der Waals surface area contributed by atoms with Crippen LogP contribution in [0.25, 0.3) is 0 Å². The molecule has 0 amide bonds. The van der Waals surface area contributed by atoms with E-state index in [1.54, 1.807) is 67.0 Å². The average Bonchev–Trinajstić information content (AvgIpc) is 2.97. The van der Waals surface area contributed by atoms with Gasteiger partial charge in [0.25, 0.3) is 6.43 Å². The van der Waals surface area contributed by atoms with Crippen LogP contribution in [0.3, 0.4) is 0 Å². The fraction of sp³-hybridized carbons (Fsp3) is 0.200. The van der Waals surface area contributed by atoms with Gasteiger partial charge in [0, 0.05) is 29.8 Å². The molecule has 1 heterocycles. The second-order valence-corrected chi connectivity index (χ2v) is 9.63. The second-order valence-electron chi connectivity index (χ2n) is 8.82. The van der Waals surface area contributed by atoms with Crippen LogP contribution in [0.2, 0.25) is 10.0 Å². The number of methoxy groups -OCH3 is 2. The van der Waals surface area contributed by atoms with E-state index in [0.29, 0.717) is 50.5 Å². The SMILES string of the molecule is COc1ccc([C@H](Cc2c(Cl)c[nH+]cc2Cl)OC(=O)c2ccc(CNc3cccc(C(F)F)c3)cc2)cc1OC.[OH-]. The van der Waals surface area contributed by atoms with Gasteiger partial charge in [0.05, 0.1) is 19.8 Å². The number of rotatable bonds is 11. The van der Waals surface area contributed by atoms with E-state index < -0.39 is 18.5 Å². The molecule has 1 aromatic heterocycles. The highest BCUT2D eigenvalue weighted by molar-refractivity contribution is 6.35. The van der Waals surface area contributed by atoms with Crippen molar-refractivity contribution >= 4 is 34.9 Å². The topological polar surface area (TPSA) is 101 Å². The Balaban J connectivity index is 0.00000462. The Hall–Kier alpha value is -3.92. The molecule has 4 rings (SSSR count). The molecule has 1 atom stereocenters. The predicted octanol–water partition coefficient (Wildman–Crippen LogP) is 7.34. The molecule has 0 aliphatic rings. The minimum absolute atomic E-state index is 0. The quantitative estimate of drug-likeness (QED) is 0.180. The Labute approximate surface area is 246 Å². The first-order valence-corrected chi connectivity index (χ1v) is 13.0. The number of esters is 1. The van der Waals surface area contributed by atoms with Crippen LogP contribution in [-0.2, 0) is 17.7 Å². The molecule has 0 saturated heterocycles. The van der Waals surface area contributed by atoms with E-state index in [-0.39, 0.29) is 17.5 Å². The highest BCUT2D eigenvalue weighted by Crippen LogP contribution is 2.35. The molecule has 0 saturated carbocycles. The summed E-state index contributed by atoms with van der Waals surface area (Å²) in [5.41, 5.74) is 3.00. The molecule has 216 valence electrons. The number of hydrogen-bond acceptors (Lipinski definition) is 6. The minimum Gasteiger partial charge on any atom is -0.870 e. The van der Waals surface area contributed by atoms with Crippen LogP contribution in [0.4, 0.5) is 14.5 Å². The lowest BCUT2D eigenvalue weighted by Crippen LogP contribution is -2.16. The van der Waals surface area contributed by atoms with Crippen molar-refractivity contribution in [1.82, 2.24) is 0 Å². The molecule has 7 nitrogen and oxygen atoms in total. The molecule has 0 bridgehead atoms. The van der Waals surface area contributed by atoms with Crippen LogP contribution in [0.1, 0.15) is 45.1 Å². The maximum Gasteiger partial charge on any atom is 0.338 e. The molecule has 11 heteroatoms. The van der Waals surface area contributed by atoms with E-state index in [1.165, 1.54) is 26.4 Å². The molecule has 3 aromatic carbocycles. The van der Waals surface area contributed by atoms with Gasteiger partial charge in [0.2, 0.25) is 0 Å². The number of benzene rings is 3. The average molecular weight is 605 g/mol. The first-order valence-electron chi connectivity index (χ1n) is 12.3. The van der Waals surface area contributed by atoms with Crippen molar-refractivity contribution < 1.29 is 38.2 Å². The number of alkyl halides is 2. The second kappa shape index (κ2) is 14.6. The number of hydrogen-bond donors (Lipinski definition) is 1. The smallest absolute Gasteiger partial charge is 0.338 e. The monoisotopic (exact) mass is 604 g/mol. The Morgan fingerprint density at radius 1 is 0.902 bits per heavy atom. The van der Waals surface area contributed by atoms with Gasteiger partial charge in [0.1, 0.15) is 16.1 Å². The molecule has 3 N–H and O–H groups in total. The highest BCUT2D eigenvalue weighted by Gasteiger charge is 2.24. The van der Waals surface area contributed by atoms with Crippen LogP contribution >= 0.6 is 23.2 Å². The number of nitrogens with one attached hydrogen (secondary N) is 2. The van der Waals surface area contributed by atoms with Crippen molar-refractivity contribution in [1.29, 1.82) is 0 Å². The third kappa shape index (κ3) is 8.07. The molecule has 41 heavy (non-hydrogen) atoms. The van der Waals surface area contributed by atoms with Crippen molar-refractivity contribution in [2.75, 3.05) is 19.5 Å². The molecular weight excluding hydrogens is 577 g/mol. The summed E-state index contributed by atoms with van der Waals surface area (Å²) in [5.74, 6) is 0.473. The van der Waals surface area contributed by atoms with E-state index in [2.05, 4.69) is 10.3 Å². The van der Waals surface area contributed by atoms with Gasteiger partial charge in [-0.2, -0.15) is 0 Å². The molecule has 0 aliphatic heterocycles. The van der Waals surface area contributed by atoms with E-state index in [4.69, 9.17) is 37.4 Å². The lowest BCUT2D eigenvalue weighted by molar-refractivity contribution is -0.377. The Morgan fingerprint density at radius 3 is 2.22 bits per heavy atom. The van der Waals surface area contributed by atoms with Crippen LogP contribution in [0.5, 0.6) is 11.5 Å². The number of carbonyl (C=O) groups excluding carboxylic acids is 1. The third-order valence-electron chi connectivity index (χ3n) is 6.24. The van der Waals surface area contributed by atoms with E-state index >= 15 is 0 Å². The van der Waals surface area contributed by atoms with Gasteiger partial charge in [-0.15, -0.1) is 0 Å². The summed E-state index contributed by atoms with van der Waals surface area (Å²) >= 11 is 12.8. The number of aromatic amines is 1. The van der Waals surface area contributed by atoms with Crippen molar-refractivity contribution in [3.63, 3.8) is 0 Å². The van der Waals surface area contributed by atoms with Crippen molar-refractivity contribution in [3.05, 3.63) is 117 Å². The Bertz CT molecular complexity index is 1450. The molecular formula is C30H28Cl2F2N2O5. The summed E-state index contributed by atoms with van der Waals surface area (Å²) in [6.45, 7) is 0.387.